The van der Waals surface area contributed by atoms with Crippen LogP contribution in [0.25, 0.3) is 21.7 Å². The topological polar surface area (TPSA) is 103 Å². The SMILES string of the molecule is CN(C(=O)C1CCNCC1)[C@H](Cc1ccc2ccccc2c1)C(=O)N[C@@H](CN)Cc1c[nH]c2ccccc12. The predicted octanol–water partition coefficient (Wildman–Crippen LogP) is 3.38. The van der Waals surface area contributed by atoms with Crippen LogP contribution in [0.1, 0.15) is 24.0 Å². The number of likely N-dealkylation sites (N-methyl/N-ethyl adjacent to an activating group) is 1. The second-order valence-corrected chi connectivity index (χ2v) is 10.4. The van der Waals surface area contributed by atoms with Gasteiger partial charge in [-0.3, -0.25) is 9.59 Å². The summed E-state index contributed by atoms with van der Waals surface area (Å²) in [6.45, 7) is 1.96. The molecule has 5 N–H and O–H groups in total. The Labute approximate surface area is 223 Å². The van der Waals surface area contributed by atoms with Crippen molar-refractivity contribution in [3.05, 3.63) is 84.1 Å². The van der Waals surface area contributed by atoms with E-state index in [1.807, 2.05) is 36.5 Å². The van der Waals surface area contributed by atoms with Crippen molar-refractivity contribution in [2.24, 2.45) is 11.7 Å². The number of rotatable bonds is 9. The number of carbonyl (C=O) groups is 2. The van der Waals surface area contributed by atoms with Crippen molar-refractivity contribution < 1.29 is 9.59 Å². The average Bonchev–Trinajstić information content (AvgIpc) is 3.37. The van der Waals surface area contributed by atoms with Crippen molar-refractivity contribution in [1.82, 2.24) is 20.5 Å². The average molecular weight is 512 g/mol. The lowest BCUT2D eigenvalue weighted by Crippen LogP contribution is -2.54. The summed E-state index contributed by atoms with van der Waals surface area (Å²) in [5.41, 5.74) is 9.33. The molecule has 3 aromatic carbocycles. The summed E-state index contributed by atoms with van der Waals surface area (Å²) in [6.07, 6.45) is 4.62. The molecule has 5 rings (SSSR count). The zero-order valence-corrected chi connectivity index (χ0v) is 22.0. The van der Waals surface area contributed by atoms with Crippen LogP contribution in [0, 0.1) is 5.92 Å². The first-order valence-corrected chi connectivity index (χ1v) is 13.5. The summed E-state index contributed by atoms with van der Waals surface area (Å²) in [4.78, 5) is 32.3. The largest absolute Gasteiger partial charge is 0.361 e. The molecule has 0 spiro atoms. The minimum atomic E-state index is -0.629. The molecule has 1 aliphatic rings. The zero-order valence-electron chi connectivity index (χ0n) is 22.0. The van der Waals surface area contributed by atoms with Gasteiger partial charge in [-0.05, 0) is 60.3 Å². The van der Waals surface area contributed by atoms with E-state index in [2.05, 4.69) is 52.0 Å². The van der Waals surface area contributed by atoms with Gasteiger partial charge in [0.05, 0.1) is 0 Å². The number of nitrogens with one attached hydrogen (secondary N) is 3. The van der Waals surface area contributed by atoms with E-state index < -0.39 is 6.04 Å². The number of hydrogen-bond donors (Lipinski definition) is 4. The molecule has 0 unspecified atom stereocenters. The first-order chi connectivity index (χ1) is 18.5. The Bertz CT molecular complexity index is 1410. The number of fused-ring (bicyclic) bond motifs is 2. The minimum absolute atomic E-state index is 0.0355. The van der Waals surface area contributed by atoms with Crippen LogP contribution in [0.15, 0.2) is 72.9 Å². The molecule has 2 atom stereocenters. The number of piperidine rings is 1. The Kier molecular flexibility index (Phi) is 8.05. The summed E-state index contributed by atoms with van der Waals surface area (Å²) in [5, 5.41) is 9.90. The van der Waals surface area contributed by atoms with Gasteiger partial charge in [-0.15, -0.1) is 0 Å². The van der Waals surface area contributed by atoms with Crippen LogP contribution in [0.2, 0.25) is 0 Å². The van der Waals surface area contributed by atoms with E-state index in [1.165, 1.54) is 0 Å². The van der Waals surface area contributed by atoms with Crippen molar-refractivity contribution in [3.8, 4) is 0 Å². The van der Waals surface area contributed by atoms with E-state index in [1.54, 1.807) is 11.9 Å². The highest BCUT2D eigenvalue weighted by Gasteiger charge is 2.33. The molecule has 4 aromatic rings. The minimum Gasteiger partial charge on any atom is -0.361 e. The second kappa shape index (κ2) is 11.8. The van der Waals surface area contributed by atoms with Crippen LogP contribution >= 0.6 is 0 Å². The normalized spacial score (nSPS) is 15.8. The number of H-pyrrole nitrogens is 1. The molecule has 0 aliphatic carbocycles. The molecule has 1 aromatic heterocycles. The number of hydrogen-bond acceptors (Lipinski definition) is 4. The monoisotopic (exact) mass is 511 g/mol. The fraction of sp³-hybridized carbons (Fsp3) is 0.355. The molecule has 0 bridgehead atoms. The molecule has 38 heavy (non-hydrogen) atoms. The number of carbonyl (C=O) groups excluding carboxylic acids is 2. The molecule has 0 saturated carbocycles. The summed E-state index contributed by atoms with van der Waals surface area (Å²) in [7, 11) is 1.77. The molecular weight excluding hydrogens is 474 g/mol. The molecule has 1 saturated heterocycles. The number of aromatic nitrogens is 1. The molecule has 2 heterocycles. The molecule has 1 fully saturated rings. The van der Waals surface area contributed by atoms with Crippen molar-refractivity contribution >= 4 is 33.5 Å². The maximum atomic E-state index is 13.8. The third-order valence-electron chi connectivity index (χ3n) is 7.82. The Morgan fingerprint density at radius 1 is 1.00 bits per heavy atom. The molecule has 7 nitrogen and oxygen atoms in total. The van der Waals surface area contributed by atoms with Crippen molar-refractivity contribution in [3.63, 3.8) is 0 Å². The highest BCUT2D eigenvalue weighted by molar-refractivity contribution is 5.89. The number of nitrogens with zero attached hydrogens (tertiary/aromatic N) is 1. The van der Waals surface area contributed by atoms with E-state index in [-0.39, 0.29) is 23.8 Å². The fourth-order valence-electron chi connectivity index (χ4n) is 5.56. The van der Waals surface area contributed by atoms with Crippen molar-refractivity contribution in [1.29, 1.82) is 0 Å². The summed E-state index contributed by atoms with van der Waals surface area (Å²) in [5.74, 6) is -0.198. The third kappa shape index (κ3) is 5.74. The number of benzene rings is 3. The Balaban J connectivity index is 1.37. The quantitative estimate of drug-likeness (QED) is 0.277. The lowest BCUT2D eigenvalue weighted by Gasteiger charge is -2.33. The van der Waals surface area contributed by atoms with Crippen LogP contribution in [-0.2, 0) is 22.4 Å². The maximum absolute atomic E-state index is 13.8. The Morgan fingerprint density at radius 3 is 2.53 bits per heavy atom. The van der Waals surface area contributed by atoms with Gasteiger partial charge in [-0.2, -0.15) is 0 Å². The van der Waals surface area contributed by atoms with E-state index >= 15 is 0 Å². The van der Waals surface area contributed by atoms with Gasteiger partial charge in [0.15, 0.2) is 0 Å². The molecule has 2 amide bonds. The summed E-state index contributed by atoms with van der Waals surface area (Å²) < 4.78 is 0. The van der Waals surface area contributed by atoms with Crippen LogP contribution in [0.5, 0.6) is 0 Å². The fourth-order valence-corrected chi connectivity index (χ4v) is 5.56. The highest BCUT2D eigenvalue weighted by atomic mass is 16.2. The Hall–Kier alpha value is -3.68. The molecule has 198 valence electrons. The van der Waals surface area contributed by atoms with Gasteiger partial charge in [-0.25, -0.2) is 0 Å². The first-order valence-electron chi connectivity index (χ1n) is 13.5. The third-order valence-corrected chi connectivity index (χ3v) is 7.82. The lowest BCUT2D eigenvalue weighted by atomic mass is 9.94. The van der Waals surface area contributed by atoms with E-state index in [0.717, 1.165) is 58.7 Å². The number of aromatic amines is 1. The second-order valence-electron chi connectivity index (χ2n) is 10.4. The van der Waals surface area contributed by atoms with Gasteiger partial charge in [0.2, 0.25) is 11.8 Å². The van der Waals surface area contributed by atoms with Crippen molar-refractivity contribution in [2.45, 2.75) is 37.8 Å². The first kappa shape index (κ1) is 25.9. The smallest absolute Gasteiger partial charge is 0.243 e. The number of nitrogens with two attached hydrogens (primary N) is 1. The zero-order chi connectivity index (χ0) is 26.5. The summed E-state index contributed by atoms with van der Waals surface area (Å²) in [6, 6.07) is 21.7. The Morgan fingerprint density at radius 2 is 1.74 bits per heavy atom. The molecule has 0 radical (unpaired) electrons. The van der Waals surface area contributed by atoms with Crippen LogP contribution in [-0.4, -0.2) is 60.5 Å². The van der Waals surface area contributed by atoms with E-state index in [0.29, 0.717) is 19.4 Å². The van der Waals surface area contributed by atoms with Crippen LogP contribution in [0.4, 0.5) is 0 Å². The van der Waals surface area contributed by atoms with Gasteiger partial charge >= 0.3 is 0 Å². The predicted molar refractivity (Wildman–Crippen MR) is 153 cm³/mol. The van der Waals surface area contributed by atoms with E-state index in [4.69, 9.17) is 5.73 Å². The van der Waals surface area contributed by atoms with E-state index in [9.17, 15) is 9.59 Å². The van der Waals surface area contributed by atoms with Gasteiger partial charge < -0.3 is 26.3 Å². The standard InChI is InChI=1S/C31H37N5O2/c1-36(31(38)23-12-14-33-15-13-23)29(17-21-10-11-22-6-2-3-7-24(22)16-21)30(37)35-26(19-32)18-25-20-34-28-9-5-4-8-27(25)28/h2-11,16,20,23,26,29,33-34H,12-15,17-19,32H2,1H3,(H,35,37)/t26-,29-/m1/s1. The highest BCUT2D eigenvalue weighted by Crippen LogP contribution is 2.22. The molecule has 1 aliphatic heterocycles. The van der Waals surface area contributed by atoms with Gasteiger partial charge in [0.25, 0.3) is 0 Å². The van der Waals surface area contributed by atoms with Gasteiger partial charge in [0.1, 0.15) is 6.04 Å². The van der Waals surface area contributed by atoms with Gasteiger partial charge in [-0.1, -0.05) is 60.7 Å². The van der Waals surface area contributed by atoms with Crippen molar-refractivity contribution in [2.75, 3.05) is 26.7 Å². The number of para-hydroxylation sites is 1. The van der Waals surface area contributed by atoms with Crippen LogP contribution in [0.3, 0.4) is 0 Å². The van der Waals surface area contributed by atoms with Crippen LogP contribution < -0.4 is 16.4 Å². The molecular formula is C31H37N5O2. The summed E-state index contributed by atoms with van der Waals surface area (Å²) >= 11 is 0. The lowest BCUT2D eigenvalue weighted by molar-refractivity contribution is -0.142. The maximum Gasteiger partial charge on any atom is 0.243 e. The number of amides is 2. The van der Waals surface area contributed by atoms with Gasteiger partial charge in [0, 0.05) is 49.1 Å². The molecule has 7 heteroatoms.